The summed E-state index contributed by atoms with van der Waals surface area (Å²) < 4.78 is 1.55. The van der Waals surface area contributed by atoms with Gasteiger partial charge >= 0.3 is 0 Å². The lowest BCUT2D eigenvalue weighted by molar-refractivity contribution is 0.798. The second-order valence-electron chi connectivity index (χ2n) is 3.16. The van der Waals surface area contributed by atoms with Gasteiger partial charge in [0.25, 0.3) is 5.95 Å². The fraction of sp³-hybridized carbons (Fsp3) is 0. The Bertz CT molecular complexity index is 568. The third kappa shape index (κ3) is 2.04. The Balaban J connectivity index is 2.13. The number of halogens is 1. The predicted octanol–water partition coefficient (Wildman–Crippen LogP) is 2.44. The van der Waals surface area contributed by atoms with Crippen LogP contribution < -0.4 is 0 Å². The van der Waals surface area contributed by atoms with Crippen LogP contribution in [0.4, 0.5) is 0 Å². The maximum Gasteiger partial charge on any atom is 0.255 e. The van der Waals surface area contributed by atoms with E-state index < -0.39 is 0 Å². The molecular formula is C10H6ClN5S. The molecule has 0 atom stereocenters. The lowest BCUT2D eigenvalue weighted by atomic mass is 10.4. The van der Waals surface area contributed by atoms with Gasteiger partial charge in [0.15, 0.2) is 5.82 Å². The van der Waals surface area contributed by atoms with E-state index in [9.17, 15) is 0 Å². The molecule has 0 fully saturated rings. The van der Waals surface area contributed by atoms with Crippen LogP contribution in [0.15, 0.2) is 36.0 Å². The molecule has 3 aromatic rings. The Labute approximate surface area is 106 Å². The van der Waals surface area contributed by atoms with Gasteiger partial charge in [-0.15, -0.1) is 11.3 Å². The summed E-state index contributed by atoms with van der Waals surface area (Å²) in [6.07, 6.45) is 3.41. The first-order valence-electron chi connectivity index (χ1n) is 4.78. The Hall–Kier alpha value is -1.79. The molecule has 0 bridgehead atoms. The van der Waals surface area contributed by atoms with Crippen LogP contribution in [0.2, 0.25) is 5.28 Å². The molecule has 0 saturated carbocycles. The summed E-state index contributed by atoms with van der Waals surface area (Å²) in [7, 11) is 0. The highest BCUT2D eigenvalue weighted by atomic mass is 35.5. The molecule has 7 heteroatoms. The van der Waals surface area contributed by atoms with Gasteiger partial charge in [0.2, 0.25) is 5.28 Å². The zero-order chi connectivity index (χ0) is 11.7. The fourth-order valence-electron chi connectivity index (χ4n) is 1.35. The van der Waals surface area contributed by atoms with Gasteiger partial charge in [-0.2, -0.15) is 20.1 Å². The third-order valence-electron chi connectivity index (χ3n) is 2.05. The standard InChI is InChI=1S/C10H6ClN5S/c11-9-13-8(7-3-1-6-17-7)14-10(15-9)16-5-2-4-12-16/h1-6H. The van der Waals surface area contributed by atoms with Crippen LogP contribution in [0.25, 0.3) is 16.6 Å². The number of hydrogen-bond donors (Lipinski definition) is 0. The van der Waals surface area contributed by atoms with Crippen LogP contribution in [0, 0.1) is 0 Å². The Morgan fingerprint density at radius 3 is 2.82 bits per heavy atom. The van der Waals surface area contributed by atoms with E-state index in [1.54, 1.807) is 34.5 Å². The van der Waals surface area contributed by atoms with Crippen molar-refractivity contribution in [3.8, 4) is 16.6 Å². The fourth-order valence-corrected chi connectivity index (χ4v) is 2.16. The summed E-state index contributed by atoms with van der Waals surface area (Å²) >= 11 is 7.43. The number of hydrogen-bond acceptors (Lipinski definition) is 5. The molecule has 3 rings (SSSR count). The van der Waals surface area contributed by atoms with Crippen LogP contribution in [0.1, 0.15) is 0 Å². The molecule has 0 aromatic carbocycles. The van der Waals surface area contributed by atoms with Crippen LogP contribution in [0.3, 0.4) is 0 Å². The van der Waals surface area contributed by atoms with Crippen LogP contribution >= 0.6 is 22.9 Å². The molecule has 0 unspecified atom stereocenters. The molecule has 3 aromatic heterocycles. The lowest BCUT2D eigenvalue weighted by Crippen LogP contribution is -2.04. The quantitative estimate of drug-likeness (QED) is 0.713. The van der Waals surface area contributed by atoms with Gasteiger partial charge < -0.3 is 0 Å². The molecule has 17 heavy (non-hydrogen) atoms. The Kier molecular flexibility index (Phi) is 2.58. The van der Waals surface area contributed by atoms with Gasteiger partial charge in [-0.25, -0.2) is 4.68 Å². The predicted molar refractivity (Wildman–Crippen MR) is 65.3 cm³/mol. The minimum Gasteiger partial charge on any atom is -0.206 e. The molecule has 0 saturated heterocycles. The van der Waals surface area contributed by atoms with E-state index in [-0.39, 0.29) is 5.28 Å². The highest BCUT2D eigenvalue weighted by Crippen LogP contribution is 2.22. The van der Waals surface area contributed by atoms with E-state index in [4.69, 9.17) is 11.6 Å². The molecule has 0 radical (unpaired) electrons. The van der Waals surface area contributed by atoms with Crippen molar-refractivity contribution < 1.29 is 0 Å². The molecule has 84 valence electrons. The SMILES string of the molecule is Clc1nc(-c2cccs2)nc(-n2cccn2)n1. The van der Waals surface area contributed by atoms with Crippen molar-refractivity contribution in [2.24, 2.45) is 0 Å². The van der Waals surface area contributed by atoms with Crippen molar-refractivity contribution in [2.75, 3.05) is 0 Å². The second kappa shape index (κ2) is 4.23. The molecule has 0 aliphatic rings. The molecule has 0 amide bonds. The van der Waals surface area contributed by atoms with Gasteiger partial charge in [-0.1, -0.05) is 6.07 Å². The maximum absolute atomic E-state index is 5.89. The van der Waals surface area contributed by atoms with Gasteiger partial charge in [0.1, 0.15) is 0 Å². The van der Waals surface area contributed by atoms with E-state index in [1.165, 1.54) is 0 Å². The summed E-state index contributed by atoms with van der Waals surface area (Å²) in [4.78, 5) is 13.4. The average molecular weight is 264 g/mol. The lowest BCUT2D eigenvalue weighted by Gasteiger charge is -2.02. The highest BCUT2D eigenvalue weighted by molar-refractivity contribution is 7.13. The normalized spacial score (nSPS) is 10.6. The van der Waals surface area contributed by atoms with Crippen molar-refractivity contribution in [2.45, 2.75) is 0 Å². The first-order valence-corrected chi connectivity index (χ1v) is 6.04. The summed E-state index contributed by atoms with van der Waals surface area (Å²) in [6.45, 7) is 0. The summed E-state index contributed by atoms with van der Waals surface area (Å²) in [5, 5.41) is 6.18. The molecule has 3 heterocycles. The Morgan fingerprint density at radius 2 is 2.12 bits per heavy atom. The smallest absolute Gasteiger partial charge is 0.206 e. The zero-order valence-electron chi connectivity index (χ0n) is 8.49. The first-order chi connectivity index (χ1) is 8.33. The zero-order valence-corrected chi connectivity index (χ0v) is 10.1. The summed E-state index contributed by atoms with van der Waals surface area (Å²) in [5.41, 5.74) is 0. The molecule has 0 N–H and O–H groups in total. The number of rotatable bonds is 2. The van der Waals surface area contributed by atoms with Crippen LogP contribution in [-0.2, 0) is 0 Å². The van der Waals surface area contributed by atoms with Crippen molar-refractivity contribution in [3.05, 3.63) is 41.3 Å². The first kappa shape index (κ1) is 10.4. The monoisotopic (exact) mass is 263 g/mol. The van der Waals surface area contributed by atoms with E-state index >= 15 is 0 Å². The third-order valence-corrected chi connectivity index (χ3v) is 3.08. The minimum atomic E-state index is 0.161. The van der Waals surface area contributed by atoms with Crippen molar-refractivity contribution in [3.63, 3.8) is 0 Å². The van der Waals surface area contributed by atoms with Gasteiger partial charge in [0, 0.05) is 12.4 Å². The number of thiophene rings is 1. The molecule has 5 nitrogen and oxygen atoms in total. The van der Waals surface area contributed by atoms with Crippen LogP contribution in [-0.4, -0.2) is 24.7 Å². The van der Waals surface area contributed by atoms with Crippen molar-refractivity contribution in [1.82, 2.24) is 24.7 Å². The van der Waals surface area contributed by atoms with Crippen molar-refractivity contribution in [1.29, 1.82) is 0 Å². The molecule has 0 aliphatic heterocycles. The van der Waals surface area contributed by atoms with Crippen LogP contribution in [0.5, 0.6) is 0 Å². The summed E-state index contributed by atoms with van der Waals surface area (Å²) in [6, 6.07) is 5.66. The van der Waals surface area contributed by atoms with E-state index in [2.05, 4.69) is 20.1 Å². The van der Waals surface area contributed by atoms with Gasteiger partial charge in [-0.05, 0) is 29.1 Å². The molecule has 0 aliphatic carbocycles. The van der Waals surface area contributed by atoms with E-state index in [1.807, 2.05) is 17.5 Å². The van der Waals surface area contributed by atoms with E-state index in [0.29, 0.717) is 11.8 Å². The second-order valence-corrected chi connectivity index (χ2v) is 4.44. The number of aromatic nitrogens is 5. The highest BCUT2D eigenvalue weighted by Gasteiger charge is 2.09. The Morgan fingerprint density at radius 1 is 1.18 bits per heavy atom. The number of nitrogens with zero attached hydrogens (tertiary/aromatic N) is 5. The molecule has 0 spiro atoms. The topological polar surface area (TPSA) is 56.5 Å². The summed E-state index contributed by atoms with van der Waals surface area (Å²) in [5.74, 6) is 0.976. The van der Waals surface area contributed by atoms with Crippen molar-refractivity contribution >= 4 is 22.9 Å². The van der Waals surface area contributed by atoms with Gasteiger partial charge in [-0.3, -0.25) is 0 Å². The minimum absolute atomic E-state index is 0.161. The van der Waals surface area contributed by atoms with E-state index in [0.717, 1.165) is 4.88 Å². The molecular weight excluding hydrogens is 258 g/mol. The van der Waals surface area contributed by atoms with Gasteiger partial charge in [0.05, 0.1) is 4.88 Å². The average Bonchev–Trinajstić information content (AvgIpc) is 3.02. The maximum atomic E-state index is 5.89. The largest absolute Gasteiger partial charge is 0.255 e.